The average molecular weight is 281 g/mol. The monoisotopic (exact) mass is 281 g/mol. The van der Waals surface area contributed by atoms with Crippen LogP contribution in [0.2, 0.25) is 0 Å². The molecule has 1 rings (SSSR count). The van der Waals surface area contributed by atoms with Crippen molar-refractivity contribution in [1.29, 1.82) is 0 Å². The quantitative estimate of drug-likeness (QED) is 0.645. The number of aliphatic hydroxyl groups is 1. The zero-order chi connectivity index (χ0) is 14.8. The predicted octanol–water partition coefficient (Wildman–Crippen LogP) is 2.06. The van der Waals surface area contributed by atoms with Crippen LogP contribution in [0.15, 0.2) is 18.2 Å². The average Bonchev–Trinajstić information content (AvgIpc) is 2.41. The normalized spacial score (nSPS) is 12.4. The van der Waals surface area contributed by atoms with Gasteiger partial charge in [0.2, 0.25) is 0 Å². The van der Waals surface area contributed by atoms with Crippen LogP contribution in [0.4, 0.5) is 0 Å². The molecule has 0 aromatic heterocycles. The fourth-order valence-electron chi connectivity index (χ4n) is 1.97. The first-order chi connectivity index (χ1) is 9.63. The Bertz CT molecular complexity index is 382. The van der Waals surface area contributed by atoms with Gasteiger partial charge in [-0.15, -0.1) is 0 Å². The lowest BCUT2D eigenvalue weighted by molar-refractivity contribution is 0.106. The molecule has 0 spiro atoms. The Balaban J connectivity index is 2.14. The van der Waals surface area contributed by atoms with Gasteiger partial charge in [0.05, 0.1) is 0 Å². The summed E-state index contributed by atoms with van der Waals surface area (Å²) in [5.74, 6) is 0.842. The van der Waals surface area contributed by atoms with Gasteiger partial charge in [-0.2, -0.15) is 0 Å². The van der Waals surface area contributed by atoms with Gasteiger partial charge in [0.15, 0.2) is 0 Å². The van der Waals surface area contributed by atoms with E-state index in [0.717, 1.165) is 37.3 Å². The van der Waals surface area contributed by atoms with Crippen molar-refractivity contribution >= 4 is 0 Å². The van der Waals surface area contributed by atoms with Crippen molar-refractivity contribution in [2.45, 2.75) is 32.8 Å². The molecule has 2 N–H and O–H groups in total. The Morgan fingerprint density at radius 1 is 1.25 bits per heavy atom. The Morgan fingerprint density at radius 3 is 2.75 bits per heavy atom. The Kier molecular flexibility index (Phi) is 8.26. The third-order valence-corrected chi connectivity index (χ3v) is 3.09. The van der Waals surface area contributed by atoms with Gasteiger partial charge in [-0.1, -0.05) is 17.7 Å². The summed E-state index contributed by atoms with van der Waals surface area (Å²) in [5, 5.41) is 13.1. The van der Waals surface area contributed by atoms with Gasteiger partial charge in [-0.05, 0) is 44.9 Å². The highest BCUT2D eigenvalue weighted by molar-refractivity contribution is 5.35. The summed E-state index contributed by atoms with van der Waals surface area (Å²) in [6.45, 7) is 6.62. The third kappa shape index (κ3) is 6.89. The van der Waals surface area contributed by atoms with Crippen LogP contribution in [-0.2, 0) is 4.74 Å². The van der Waals surface area contributed by atoms with Gasteiger partial charge < -0.3 is 19.9 Å². The second kappa shape index (κ2) is 9.75. The van der Waals surface area contributed by atoms with E-state index < -0.39 is 6.10 Å². The largest absolute Gasteiger partial charge is 0.491 e. The molecule has 0 amide bonds. The summed E-state index contributed by atoms with van der Waals surface area (Å²) < 4.78 is 10.6. The summed E-state index contributed by atoms with van der Waals surface area (Å²) in [6.07, 6.45) is 1.61. The summed E-state index contributed by atoms with van der Waals surface area (Å²) in [6, 6.07) is 6.05. The molecule has 0 saturated heterocycles. The Hall–Kier alpha value is -1.10. The molecule has 1 aromatic rings. The van der Waals surface area contributed by atoms with Crippen LogP contribution in [0.5, 0.6) is 5.75 Å². The molecule has 114 valence electrons. The SMILES string of the molecule is COCCCCNCC(O)COc1ccc(C)cc1C. The number of rotatable bonds is 10. The number of hydrogen-bond acceptors (Lipinski definition) is 4. The van der Waals surface area contributed by atoms with Crippen molar-refractivity contribution in [3.8, 4) is 5.75 Å². The molecule has 0 aliphatic rings. The van der Waals surface area contributed by atoms with Crippen LogP contribution >= 0.6 is 0 Å². The molecule has 20 heavy (non-hydrogen) atoms. The highest BCUT2D eigenvalue weighted by atomic mass is 16.5. The number of methoxy groups -OCH3 is 1. The van der Waals surface area contributed by atoms with Gasteiger partial charge in [0, 0.05) is 20.3 Å². The zero-order valence-corrected chi connectivity index (χ0v) is 12.8. The van der Waals surface area contributed by atoms with Crippen LogP contribution in [0, 0.1) is 13.8 Å². The number of aliphatic hydroxyl groups excluding tert-OH is 1. The molecular weight excluding hydrogens is 254 g/mol. The molecule has 1 unspecified atom stereocenters. The number of benzene rings is 1. The minimum atomic E-state index is -0.488. The second-order valence-electron chi connectivity index (χ2n) is 5.14. The van der Waals surface area contributed by atoms with Gasteiger partial charge in [0.25, 0.3) is 0 Å². The molecule has 0 saturated carbocycles. The van der Waals surface area contributed by atoms with Crippen molar-refractivity contribution in [2.24, 2.45) is 0 Å². The van der Waals surface area contributed by atoms with Crippen LogP contribution in [0.25, 0.3) is 0 Å². The standard InChI is InChI=1S/C16H27NO3/c1-13-6-7-16(14(2)10-13)20-12-15(18)11-17-8-4-5-9-19-3/h6-7,10,15,17-18H,4-5,8-9,11-12H2,1-3H3. The molecule has 4 nitrogen and oxygen atoms in total. The highest BCUT2D eigenvalue weighted by Crippen LogP contribution is 2.18. The molecule has 4 heteroatoms. The minimum Gasteiger partial charge on any atom is -0.491 e. The third-order valence-electron chi connectivity index (χ3n) is 3.09. The first kappa shape index (κ1) is 17.0. The smallest absolute Gasteiger partial charge is 0.122 e. The Labute approximate surface area is 122 Å². The summed E-state index contributed by atoms with van der Waals surface area (Å²) in [5.41, 5.74) is 2.32. The van der Waals surface area contributed by atoms with E-state index >= 15 is 0 Å². The maximum absolute atomic E-state index is 9.85. The van der Waals surface area contributed by atoms with E-state index in [1.54, 1.807) is 7.11 Å². The molecular formula is C16H27NO3. The fourth-order valence-corrected chi connectivity index (χ4v) is 1.97. The summed E-state index contributed by atoms with van der Waals surface area (Å²) >= 11 is 0. The molecule has 0 bridgehead atoms. The van der Waals surface area contributed by atoms with Crippen molar-refractivity contribution in [3.63, 3.8) is 0 Å². The fraction of sp³-hybridized carbons (Fsp3) is 0.625. The molecule has 1 atom stereocenters. The van der Waals surface area contributed by atoms with Crippen LogP contribution < -0.4 is 10.1 Å². The van der Waals surface area contributed by atoms with Gasteiger partial charge in [-0.25, -0.2) is 0 Å². The topological polar surface area (TPSA) is 50.7 Å². The predicted molar refractivity (Wildman–Crippen MR) is 81.4 cm³/mol. The van der Waals surface area contributed by atoms with E-state index in [9.17, 15) is 5.11 Å². The molecule has 0 aliphatic carbocycles. The maximum atomic E-state index is 9.85. The van der Waals surface area contributed by atoms with Crippen LogP contribution in [0.1, 0.15) is 24.0 Å². The highest BCUT2D eigenvalue weighted by Gasteiger charge is 2.06. The van der Waals surface area contributed by atoms with E-state index in [-0.39, 0.29) is 0 Å². The van der Waals surface area contributed by atoms with Crippen molar-refractivity contribution in [2.75, 3.05) is 33.4 Å². The van der Waals surface area contributed by atoms with Crippen LogP contribution in [0.3, 0.4) is 0 Å². The second-order valence-corrected chi connectivity index (χ2v) is 5.14. The van der Waals surface area contributed by atoms with Gasteiger partial charge in [-0.3, -0.25) is 0 Å². The minimum absolute atomic E-state index is 0.314. The molecule has 0 fully saturated rings. The van der Waals surface area contributed by atoms with E-state index in [4.69, 9.17) is 9.47 Å². The van der Waals surface area contributed by atoms with Crippen molar-refractivity contribution < 1.29 is 14.6 Å². The zero-order valence-electron chi connectivity index (χ0n) is 12.8. The summed E-state index contributed by atoms with van der Waals surface area (Å²) in [4.78, 5) is 0. The van der Waals surface area contributed by atoms with Crippen molar-refractivity contribution in [3.05, 3.63) is 29.3 Å². The van der Waals surface area contributed by atoms with Crippen molar-refractivity contribution in [1.82, 2.24) is 5.32 Å². The van der Waals surface area contributed by atoms with E-state index in [2.05, 4.69) is 18.3 Å². The van der Waals surface area contributed by atoms with Gasteiger partial charge in [0.1, 0.15) is 18.5 Å². The maximum Gasteiger partial charge on any atom is 0.122 e. The number of nitrogens with one attached hydrogen (secondary N) is 1. The summed E-state index contributed by atoms with van der Waals surface area (Å²) in [7, 11) is 1.71. The first-order valence-corrected chi connectivity index (χ1v) is 7.21. The molecule has 0 aliphatic heterocycles. The van der Waals surface area contributed by atoms with Crippen LogP contribution in [-0.4, -0.2) is 44.6 Å². The number of unbranched alkanes of at least 4 members (excludes halogenated alkanes) is 1. The van der Waals surface area contributed by atoms with Gasteiger partial charge >= 0.3 is 0 Å². The van der Waals surface area contributed by atoms with E-state index in [0.29, 0.717) is 13.2 Å². The lowest BCUT2D eigenvalue weighted by atomic mass is 10.1. The molecule has 0 radical (unpaired) electrons. The van der Waals surface area contributed by atoms with E-state index in [1.165, 1.54) is 5.56 Å². The molecule has 0 heterocycles. The molecule has 1 aromatic carbocycles. The number of hydrogen-bond donors (Lipinski definition) is 2. The van der Waals surface area contributed by atoms with E-state index in [1.807, 2.05) is 19.1 Å². The lowest BCUT2D eigenvalue weighted by Gasteiger charge is -2.15. The lowest BCUT2D eigenvalue weighted by Crippen LogP contribution is -2.32. The first-order valence-electron chi connectivity index (χ1n) is 7.21. The Morgan fingerprint density at radius 2 is 2.05 bits per heavy atom. The number of ether oxygens (including phenoxy) is 2. The number of aryl methyl sites for hydroxylation is 2.